The van der Waals surface area contributed by atoms with E-state index in [9.17, 15) is 4.79 Å². The number of nitriles is 1. The van der Waals surface area contributed by atoms with E-state index >= 15 is 0 Å². The second-order valence-corrected chi connectivity index (χ2v) is 9.14. The van der Waals surface area contributed by atoms with Crippen LogP contribution in [0.25, 0.3) is 11.1 Å². The van der Waals surface area contributed by atoms with Gasteiger partial charge in [0.05, 0.1) is 11.6 Å². The maximum atomic E-state index is 12.8. The quantitative estimate of drug-likeness (QED) is 0.705. The van der Waals surface area contributed by atoms with E-state index in [0.717, 1.165) is 16.7 Å². The Bertz CT molecular complexity index is 959. The van der Waals surface area contributed by atoms with Gasteiger partial charge in [0.2, 0.25) is 0 Å². The summed E-state index contributed by atoms with van der Waals surface area (Å²) in [6, 6.07) is 17.6. The summed E-state index contributed by atoms with van der Waals surface area (Å²) in [7, 11) is 0. The molecule has 0 aliphatic carbocycles. The summed E-state index contributed by atoms with van der Waals surface area (Å²) in [4.78, 5) is 19.2. The summed E-state index contributed by atoms with van der Waals surface area (Å²) in [6.45, 7) is 11.0. The second-order valence-electron chi connectivity index (χ2n) is 9.14. The number of amidine groups is 1. The number of ether oxygens (including phenoxy) is 1. The number of carbonyl (C=O) groups is 1. The lowest BCUT2D eigenvalue weighted by Gasteiger charge is -2.37. The molecule has 2 aromatic rings. The highest BCUT2D eigenvalue weighted by Gasteiger charge is 2.35. The molecule has 0 N–H and O–H groups in total. The number of rotatable bonds is 2. The molecule has 0 bridgehead atoms. The fourth-order valence-corrected chi connectivity index (χ4v) is 3.19. The third-order valence-electron chi connectivity index (χ3n) is 4.60. The van der Waals surface area contributed by atoms with Crippen LogP contribution in [-0.4, -0.2) is 35.5 Å². The van der Waals surface area contributed by atoms with Crippen molar-refractivity contribution in [1.82, 2.24) is 4.90 Å². The molecule has 0 saturated heterocycles. The molecule has 5 nitrogen and oxygen atoms in total. The number of hydrogen-bond acceptors (Lipinski definition) is 4. The van der Waals surface area contributed by atoms with Crippen molar-refractivity contribution in [3.8, 4) is 17.2 Å². The van der Waals surface area contributed by atoms with Gasteiger partial charge in [0.15, 0.2) is 0 Å². The number of carbonyl (C=O) groups excluding carboxylic acids is 1. The summed E-state index contributed by atoms with van der Waals surface area (Å²) in [6.07, 6.45) is -0.375. The van der Waals surface area contributed by atoms with Crippen LogP contribution in [0.15, 0.2) is 53.5 Å². The van der Waals surface area contributed by atoms with Gasteiger partial charge in [0.25, 0.3) is 0 Å². The van der Waals surface area contributed by atoms with E-state index in [2.05, 4.69) is 19.9 Å². The molecule has 0 unspecified atom stereocenters. The lowest BCUT2D eigenvalue weighted by molar-refractivity contribution is 0.0310. The summed E-state index contributed by atoms with van der Waals surface area (Å²) in [5.41, 5.74) is 2.91. The molecule has 0 atom stereocenters. The van der Waals surface area contributed by atoms with Gasteiger partial charge in [-0.15, -0.1) is 0 Å². The van der Waals surface area contributed by atoms with Crippen molar-refractivity contribution in [2.45, 2.75) is 40.2 Å². The minimum atomic E-state index is -0.566. The first-order chi connectivity index (χ1) is 13.6. The predicted octanol–water partition coefficient (Wildman–Crippen LogP) is 5.25. The van der Waals surface area contributed by atoms with Gasteiger partial charge < -0.3 is 4.74 Å². The SMILES string of the molecule is CC1(C)CN=C(c2ccc(-c3ccc(C#N)cc3)cc2)N(C(=O)OC(C)(C)C)C1. The first kappa shape index (κ1) is 20.6. The number of benzene rings is 2. The molecule has 29 heavy (non-hydrogen) atoms. The highest BCUT2D eigenvalue weighted by atomic mass is 16.6. The molecule has 0 aromatic heterocycles. The molecule has 0 spiro atoms. The second kappa shape index (κ2) is 7.71. The van der Waals surface area contributed by atoms with Crippen LogP contribution in [0.1, 0.15) is 45.7 Å². The maximum absolute atomic E-state index is 12.8. The van der Waals surface area contributed by atoms with E-state index in [1.165, 1.54) is 0 Å². The number of nitrogens with zero attached hydrogens (tertiary/aromatic N) is 3. The van der Waals surface area contributed by atoms with Crippen molar-refractivity contribution in [3.63, 3.8) is 0 Å². The van der Waals surface area contributed by atoms with Crippen LogP contribution in [0.4, 0.5) is 4.79 Å². The molecule has 1 amide bonds. The van der Waals surface area contributed by atoms with Crippen LogP contribution in [0.5, 0.6) is 0 Å². The summed E-state index contributed by atoms with van der Waals surface area (Å²) in [5, 5.41) is 8.95. The fourth-order valence-electron chi connectivity index (χ4n) is 3.19. The van der Waals surface area contributed by atoms with E-state index in [1.807, 2.05) is 57.2 Å². The molecule has 5 heteroatoms. The van der Waals surface area contributed by atoms with Gasteiger partial charge in [0, 0.05) is 24.1 Å². The zero-order valence-electron chi connectivity index (χ0n) is 17.7. The van der Waals surface area contributed by atoms with E-state index in [1.54, 1.807) is 17.0 Å². The largest absolute Gasteiger partial charge is 0.443 e. The average Bonchev–Trinajstić information content (AvgIpc) is 2.66. The van der Waals surface area contributed by atoms with Gasteiger partial charge in [-0.2, -0.15) is 5.26 Å². The van der Waals surface area contributed by atoms with Crippen molar-refractivity contribution in [3.05, 3.63) is 59.7 Å². The Labute approximate surface area is 172 Å². The standard InChI is InChI=1S/C24H27N3O2/c1-23(2,3)29-22(28)27-16-24(4,5)15-26-21(27)20-12-10-19(11-13-20)18-8-6-17(14-25)7-9-18/h6-13H,15-16H2,1-5H3. The zero-order valence-corrected chi connectivity index (χ0v) is 17.7. The molecule has 0 saturated carbocycles. The number of aliphatic imine (C=N–C) groups is 1. The molecular formula is C24H27N3O2. The zero-order chi connectivity index (χ0) is 21.2. The minimum Gasteiger partial charge on any atom is -0.443 e. The number of hydrogen-bond donors (Lipinski definition) is 0. The molecule has 1 heterocycles. The molecule has 0 fully saturated rings. The average molecular weight is 389 g/mol. The van der Waals surface area contributed by atoms with Crippen molar-refractivity contribution >= 4 is 11.9 Å². The van der Waals surface area contributed by atoms with E-state index in [0.29, 0.717) is 24.5 Å². The smallest absolute Gasteiger partial charge is 0.416 e. The Morgan fingerprint density at radius 1 is 1.03 bits per heavy atom. The molecule has 1 aliphatic rings. The van der Waals surface area contributed by atoms with Crippen molar-refractivity contribution in [2.24, 2.45) is 10.4 Å². The van der Waals surface area contributed by atoms with Crippen LogP contribution in [0, 0.1) is 16.7 Å². The molecule has 2 aromatic carbocycles. The van der Waals surface area contributed by atoms with Crippen LogP contribution >= 0.6 is 0 Å². The lowest BCUT2D eigenvalue weighted by Crippen LogP contribution is -2.49. The minimum absolute atomic E-state index is 0.108. The molecular weight excluding hydrogens is 362 g/mol. The Morgan fingerprint density at radius 2 is 1.55 bits per heavy atom. The van der Waals surface area contributed by atoms with Crippen molar-refractivity contribution < 1.29 is 9.53 Å². The van der Waals surface area contributed by atoms with Crippen molar-refractivity contribution in [2.75, 3.05) is 13.1 Å². The maximum Gasteiger partial charge on any atom is 0.416 e. The fraction of sp³-hybridized carbons (Fsp3) is 0.375. The Balaban J connectivity index is 1.89. The summed E-state index contributed by atoms with van der Waals surface area (Å²) in [5.74, 6) is 0.643. The van der Waals surface area contributed by atoms with E-state index in [4.69, 9.17) is 15.0 Å². The first-order valence-corrected chi connectivity index (χ1v) is 9.74. The third kappa shape index (κ3) is 5.03. The van der Waals surface area contributed by atoms with Gasteiger partial charge in [-0.05, 0) is 44.0 Å². The van der Waals surface area contributed by atoms with Gasteiger partial charge in [-0.3, -0.25) is 9.89 Å². The van der Waals surface area contributed by atoms with E-state index < -0.39 is 5.60 Å². The van der Waals surface area contributed by atoms with Gasteiger partial charge in [-0.1, -0.05) is 50.2 Å². The first-order valence-electron chi connectivity index (χ1n) is 9.74. The highest BCUT2D eigenvalue weighted by molar-refractivity contribution is 6.07. The van der Waals surface area contributed by atoms with Crippen molar-refractivity contribution in [1.29, 1.82) is 5.26 Å². The van der Waals surface area contributed by atoms with Crippen LogP contribution < -0.4 is 0 Å². The number of amides is 1. The summed E-state index contributed by atoms with van der Waals surface area (Å²) >= 11 is 0. The summed E-state index contributed by atoms with van der Waals surface area (Å²) < 4.78 is 5.62. The highest BCUT2D eigenvalue weighted by Crippen LogP contribution is 2.27. The molecule has 0 radical (unpaired) electrons. The third-order valence-corrected chi connectivity index (χ3v) is 4.60. The van der Waals surface area contributed by atoms with Crippen LogP contribution in [0.3, 0.4) is 0 Å². The van der Waals surface area contributed by atoms with Gasteiger partial charge in [-0.25, -0.2) is 4.79 Å². The molecule has 150 valence electrons. The van der Waals surface area contributed by atoms with Gasteiger partial charge >= 0.3 is 6.09 Å². The van der Waals surface area contributed by atoms with E-state index in [-0.39, 0.29) is 11.5 Å². The van der Waals surface area contributed by atoms with Gasteiger partial charge in [0.1, 0.15) is 11.4 Å². The normalized spacial score (nSPS) is 16.0. The Hall–Kier alpha value is -3.13. The lowest BCUT2D eigenvalue weighted by atomic mass is 9.91. The predicted molar refractivity (Wildman–Crippen MR) is 115 cm³/mol. The van der Waals surface area contributed by atoms with Crippen LogP contribution in [-0.2, 0) is 4.74 Å². The molecule has 1 aliphatic heterocycles. The Morgan fingerprint density at radius 3 is 2.07 bits per heavy atom. The monoisotopic (exact) mass is 389 g/mol. The van der Waals surface area contributed by atoms with Crippen LogP contribution in [0.2, 0.25) is 0 Å². The molecule has 3 rings (SSSR count). The Kier molecular flexibility index (Phi) is 5.48. The topological polar surface area (TPSA) is 65.7 Å².